The number of nitriles is 1. The van der Waals surface area contributed by atoms with E-state index in [2.05, 4.69) is 10.3 Å². The molecule has 0 aromatic carbocycles. The fraction of sp³-hybridized carbons (Fsp3) is 0.538. The van der Waals surface area contributed by atoms with E-state index in [-0.39, 0.29) is 0 Å². The highest BCUT2D eigenvalue weighted by molar-refractivity contribution is 6.29. The van der Waals surface area contributed by atoms with Gasteiger partial charge >= 0.3 is 0 Å². The van der Waals surface area contributed by atoms with Gasteiger partial charge in [0, 0.05) is 19.8 Å². The number of halogens is 1. The van der Waals surface area contributed by atoms with E-state index in [0.29, 0.717) is 16.5 Å². The second kappa shape index (κ2) is 6.58. The zero-order valence-corrected chi connectivity index (χ0v) is 10.9. The van der Waals surface area contributed by atoms with Gasteiger partial charge in [-0.15, -0.1) is 0 Å². The molecular formula is C13H16ClN3O. The quantitative estimate of drug-likeness (QED) is 0.608. The maximum Gasteiger partial charge on any atom is 0.132 e. The molecule has 5 heteroatoms. The molecule has 0 saturated heterocycles. The van der Waals surface area contributed by atoms with Gasteiger partial charge < -0.3 is 10.1 Å². The standard InChI is InChI=1S/C13H16ClN3O/c14-12-6-11(8-15)7-13(17-12)16-4-1-5-18-9-10-2-3-10/h6-7,10H,1-5,9H2,(H,16,17). The Balaban J connectivity index is 1.65. The van der Waals surface area contributed by atoms with Crippen LogP contribution in [0, 0.1) is 17.2 Å². The van der Waals surface area contributed by atoms with E-state index in [1.807, 2.05) is 6.07 Å². The molecule has 4 nitrogen and oxygen atoms in total. The molecule has 1 heterocycles. The minimum absolute atomic E-state index is 0.335. The Kier molecular flexibility index (Phi) is 4.80. The molecule has 1 N–H and O–H groups in total. The number of nitrogens with one attached hydrogen (secondary N) is 1. The van der Waals surface area contributed by atoms with Crippen LogP contribution in [-0.2, 0) is 4.74 Å². The molecule has 0 atom stereocenters. The smallest absolute Gasteiger partial charge is 0.132 e. The Bertz CT molecular complexity index is 440. The number of nitrogens with zero attached hydrogens (tertiary/aromatic N) is 2. The van der Waals surface area contributed by atoms with Crippen molar-refractivity contribution in [1.82, 2.24) is 4.98 Å². The van der Waals surface area contributed by atoms with Crippen LogP contribution in [0.25, 0.3) is 0 Å². The normalized spacial score (nSPS) is 14.2. The number of hydrogen-bond donors (Lipinski definition) is 1. The van der Waals surface area contributed by atoms with E-state index in [1.54, 1.807) is 12.1 Å². The van der Waals surface area contributed by atoms with Crippen LogP contribution in [0.3, 0.4) is 0 Å². The summed E-state index contributed by atoms with van der Waals surface area (Å²) in [4.78, 5) is 4.10. The molecule has 0 radical (unpaired) electrons. The molecule has 18 heavy (non-hydrogen) atoms. The highest BCUT2D eigenvalue weighted by Gasteiger charge is 2.20. The van der Waals surface area contributed by atoms with Crippen LogP contribution in [0.4, 0.5) is 5.82 Å². The molecule has 1 saturated carbocycles. The van der Waals surface area contributed by atoms with Gasteiger partial charge in [0.1, 0.15) is 11.0 Å². The number of aromatic nitrogens is 1. The van der Waals surface area contributed by atoms with Crippen molar-refractivity contribution in [2.45, 2.75) is 19.3 Å². The minimum Gasteiger partial charge on any atom is -0.381 e. The van der Waals surface area contributed by atoms with E-state index in [4.69, 9.17) is 21.6 Å². The summed E-state index contributed by atoms with van der Waals surface area (Å²) in [5, 5.41) is 12.3. The summed E-state index contributed by atoms with van der Waals surface area (Å²) >= 11 is 5.81. The highest BCUT2D eigenvalue weighted by atomic mass is 35.5. The maximum absolute atomic E-state index is 8.80. The second-order valence-electron chi connectivity index (χ2n) is 4.47. The summed E-state index contributed by atoms with van der Waals surface area (Å²) in [5.41, 5.74) is 0.516. The van der Waals surface area contributed by atoms with Crippen LogP contribution in [0.5, 0.6) is 0 Å². The van der Waals surface area contributed by atoms with Gasteiger partial charge in [-0.1, -0.05) is 11.6 Å². The van der Waals surface area contributed by atoms with Crippen LogP contribution in [0.15, 0.2) is 12.1 Å². The van der Waals surface area contributed by atoms with E-state index in [1.165, 1.54) is 12.8 Å². The molecule has 0 unspecified atom stereocenters. The molecule has 96 valence electrons. The highest BCUT2D eigenvalue weighted by Crippen LogP contribution is 2.28. The van der Waals surface area contributed by atoms with Gasteiger partial charge in [-0.2, -0.15) is 5.26 Å². The first-order valence-corrected chi connectivity index (χ1v) is 6.55. The minimum atomic E-state index is 0.335. The Morgan fingerprint density at radius 3 is 3.06 bits per heavy atom. The predicted molar refractivity (Wildman–Crippen MR) is 70.6 cm³/mol. The van der Waals surface area contributed by atoms with Crippen LogP contribution in [0.2, 0.25) is 5.15 Å². The third-order valence-electron chi connectivity index (χ3n) is 2.75. The van der Waals surface area contributed by atoms with Crippen molar-refractivity contribution < 1.29 is 4.74 Å². The molecule has 0 amide bonds. The van der Waals surface area contributed by atoms with Gasteiger partial charge in [0.25, 0.3) is 0 Å². The number of anilines is 1. The van der Waals surface area contributed by atoms with Crippen LogP contribution >= 0.6 is 11.6 Å². The zero-order chi connectivity index (χ0) is 12.8. The Morgan fingerprint density at radius 2 is 2.33 bits per heavy atom. The largest absolute Gasteiger partial charge is 0.381 e. The van der Waals surface area contributed by atoms with Crippen LogP contribution in [0.1, 0.15) is 24.8 Å². The maximum atomic E-state index is 8.80. The van der Waals surface area contributed by atoms with Crippen molar-refractivity contribution >= 4 is 17.4 Å². The average Bonchev–Trinajstić information content (AvgIpc) is 3.17. The fourth-order valence-electron chi connectivity index (χ4n) is 1.58. The lowest BCUT2D eigenvalue weighted by molar-refractivity contribution is 0.124. The van der Waals surface area contributed by atoms with Crippen molar-refractivity contribution in [3.8, 4) is 6.07 Å². The van der Waals surface area contributed by atoms with Gasteiger partial charge in [0.2, 0.25) is 0 Å². The first kappa shape index (κ1) is 13.1. The third-order valence-corrected chi connectivity index (χ3v) is 2.94. The summed E-state index contributed by atoms with van der Waals surface area (Å²) < 4.78 is 5.53. The van der Waals surface area contributed by atoms with Crippen molar-refractivity contribution in [2.24, 2.45) is 5.92 Å². The monoisotopic (exact) mass is 265 g/mol. The Labute approximate surface area is 112 Å². The molecule has 1 aromatic heterocycles. The van der Waals surface area contributed by atoms with E-state index >= 15 is 0 Å². The van der Waals surface area contributed by atoms with Crippen LogP contribution < -0.4 is 5.32 Å². The van der Waals surface area contributed by atoms with Gasteiger partial charge in [0.05, 0.1) is 11.6 Å². The van der Waals surface area contributed by atoms with Crippen molar-refractivity contribution in [2.75, 3.05) is 25.1 Å². The molecule has 0 aliphatic heterocycles. The molecule has 2 rings (SSSR count). The lowest BCUT2D eigenvalue weighted by Gasteiger charge is -2.06. The summed E-state index contributed by atoms with van der Waals surface area (Å²) in [5.74, 6) is 1.45. The molecule has 1 aliphatic rings. The van der Waals surface area contributed by atoms with Gasteiger partial charge in [-0.25, -0.2) is 4.98 Å². The SMILES string of the molecule is N#Cc1cc(Cl)nc(NCCCOCC2CC2)c1. The molecular weight excluding hydrogens is 250 g/mol. The summed E-state index contributed by atoms with van der Waals surface area (Å²) in [6, 6.07) is 5.29. The molecule has 1 fully saturated rings. The molecule has 0 spiro atoms. The molecule has 0 bridgehead atoms. The van der Waals surface area contributed by atoms with Crippen molar-refractivity contribution in [3.05, 3.63) is 22.8 Å². The Morgan fingerprint density at radius 1 is 1.50 bits per heavy atom. The van der Waals surface area contributed by atoms with Gasteiger partial charge in [-0.05, 0) is 37.3 Å². The van der Waals surface area contributed by atoms with Crippen molar-refractivity contribution in [3.63, 3.8) is 0 Å². The number of rotatable bonds is 7. The average molecular weight is 266 g/mol. The number of pyridine rings is 1. The number of hydrogen-bond acceptors (Lipinski definition) is 4. The third kappa shape index (κ3) is 4.52. The van der Waals surface area contributed by atoms with E-state index < -0.39 is 0 Å². The predicted octanol–water partition coefficient (Wildman–Crippen LogP) is 2.84. The first-order valence-electron chi connectivity index (χ1n) is 6.17. The second-order valence-corrected chi connectivity index (χ2v) is 4.86. The topological polar surface area (TPSA) is 57.9 Å². The number of ether oxygens (including phenoxy) is 1. The Hall–Kier alpha value is -1.31. The van der Waals surface area contributed by atoms with Gasteiger partial charge in [-0.3, -0.25) is 0 Å². The molecule has 1 aromatic rings. The lowest BCUT2D eigenvalue weighted by atomic mass is 10.3. The first-order chi connectivity index (χ1) is 8.78. The summed E-state index contributed by atoms with van der Waals surface area (Å²) in [6.45, 7) is 2.42. The fourth-order valence-corrected chi connectivity index (χ4v) is 1.79. The summed E-state index contributed by atoms with van der Waals surface area (Å²) in [6.07, 6.45) is 3.56. The zero-order valence-electron chi connectivity index (χ0n) is 10.2. The molecule has 1 aliphatic carbocycles. The summed E-state index contributed by atoms with van der Waals surface area (Å²) in [7, 11) is 0. The van der Waals surface area contributed by atoms with Gasteiger partial charge in [0.15, 0.2) is 0 Å². The van der Waals surface area contributed by atoms with E-state index in [9.17, 15) is 0 Å². The van der Waals surface area contributed by atoms with E-state index in [0.717, 1.165) is 32.1 Å². The van der Waals surface area contributed by atoms with Crippen LogP contribution in [-0.4, -0.2) is 24.7 Å². The lowest BCUT2D eigenvalue weighted by Crippen LogP contribution is -2.08. The van der Waals surface area contributed by atoms with Crippen molar-refractivity contribution in [1.29, 1.82) is 5.26 Å².